The van der Waals surface area contributed by atoms with Gasteiger partial charge in [0.2, 0.25) is 0 Å². The van der Waals surface area contributed by atoms with Crippen LogP contribution in [0.15, 0.2) is 41.4 Å². The molecule has 0 aliphatic carbocycles. The van der Waals surface area contributed by atoms with Crippen molar-refractivity contribution in [1.29, 1.82) is 0 Å². The average molecular weight is 302 g/mol. The number of nitrogens with zero attached hydrogens (tertiary/aromatic N) is 2. The smallest absolute Gasteiger partial charge is 0.320 e. The number of aliphatic carboxylic acids is 1. The van der Waals surface area contributed by atoms with Gasteiger partial charge in [-0.15, -0.1) is 0 Å². The molecule has 0 radical (unpaired) electrons. The first-order valence-electron chi connectivity index (χ1n) is 7.18. The van der Waals surface area contributed by atoms with Crippen molar-refractivity contribution < 1.29 is 9.90 Å². The zero-order valence-corrected chi connectivity index (χ0v) is 12.5. The van der Waals surface area contributed by atoms with Gasteiger partial charge >= 0.3 is 5.97 Å². The van der Waals surface area contributed by atoms with Crippen LogP contribution in [0.5, 0.6) is 0 Å². The zero-order chi connectivity index (χ0) is 14.7. The van der Waals surface area contributed by atoms with Gasteiger partial charge in [0.15, 0.2) is 0 Å². The van der Waals surface area contributed by atoms with Gasteiger partial charge in [-0.25, -0.2) is 0 Å². The van der Waals surface area contributed by atoms with E-state index in [9.17, 15) is 9.90 Å². The topological polar surface area (TPSA) is 53.4 Å². The minimum atomic E-state index is -0.719. The summed E-state index contributed by atoms with van der Waals surface area (Å²) < 4.78 is 0. The first-order chi connectivity index (χ1) is 10.3. The van der Waals surface area contributed by atoms with Crippen LogP contribution in [-0.2, 0) is 4.79 Å². The summed E-state index contributed by atoms with van der Waals surface area (Å²) in [6, 6.07) is 5.65. The van der Waals surface area contributed by atoms with Gasteiger partial charge in [-0.2, -0.15) is 11.3 Å². The van der Waals surface area contributed by atoms with Crippen LogP contribution in [0.4, 0.5) is 0 Å². The van der Waals surface area contributed by atoms with E-state index in [1.54, 1.807) is 23.7 Å². The predicted molar refractivity (Wildman–Crippen MR) is 82.4 cm³/mol. The van der Waals surface area contributed by atoms with E-state index in [2.05, 4.69) is 21.3 Å². The van der Waals surface area contributed by atoms with E-state index in [-0.39, 0.29) is 6.04 Å². The molecular weight excluding hydrogens is 284 g/mol. The number of hydrogen-bond donors (Lipinski definition) is 1. The standard InChI is InChI=1S/C16H18N2O2S/c19-16(20)14-3-1-2-9-18(14)15(13-6-10-21-11-13)12-4-7-17-8-5-12/h4-8,10-11,14-15H,1-3,9H2,(H,19,20). The van der Waals surface area contributed by atoms with E-state index in [0.717, 1.165) is 31.4 Å². The highest BCUT2D eigenvalue weighted by Crippen LogP contribution is 2.34. The monoisotopic (exact) mass is 302 g/mol. The average Bonchev–Trinajstić information content (AvgIpc) is 3.03. The van der Waals surface area contributed by atoms with Crippen LogP contribution in [0.3, 0.4) is 0 Å². The van der Waals surface area contributed by atoms with Crippen molar-refractivity contribution in [2.45, 2.75) is 31.3 Å². The molecule has 110 valence electrons. The van der Waals surface area contributed by atoms with Gasteiger partial charge in [0, 0.05) is 12.4 Å². The normalized spacial score (nSPS) is 21.0. The third-order valence-electron chi connectivity index (χ3n) is 4.04. The lowest BCUT2D eigenvalue weighted by molar-refractivity contribution is -0.145. The molecule has 2 aromatic rings. The second-order valence-corrected chi connectivity index (χ2v) is 6.11. The number of piperidine rings is 1. The summed E-state index contributed by atoms with van der Waals surface area (Å²) in [7, 11) is 0. The van der Waals surface area contributed by atoms with Crippen LogP contribution >= 0.6 is 11.3 Å². The summed E-state index contributed by atoms with van der Waals surface area (Å²) in [6.45, 7) is 0.819. The largest absolute Gasteiger partial charge is 0.480 e. The second-order valence-electron chi connectivity index (χ2n) is 5.33. The molecule has 2 aromatic heterocycles. The molecule has 0 aromatic carbocycles. The summed E-state index contributed by atoms with van der Waals surface area (Å²) in [5.74, 6) is -0.719. The molecule has 0 bridgehead atoms. The van der Waals surface area contributed by atoms with Crippen LogP contribution in [0.1, 0.15) is 36.4 Å². The Balaban J connectivity index is 2.00. The third kappa shape index (κ3) is 2.99. The summed E-state index contributed by atoms with van der Waals surface area (Å²) >= 11 is 1.65. The molecule has 1 aliphatic heterocycles. The Kier molecular flexibility index (Phi) is 4.31. The minimum absolute atomic E-state index is 0.000602. The van der Waals surface area contributed by atoms with Gasteiger partial charge in [-0.3, -0.25) is 14.7 Å². The Bertz CT molecular complexity index is 586. The highest BCUT2D eigenvalue weighted by Gasteiger charge is 2.35. The maximum Gasteiger partial charge on any atom is 0.320 e. The van der Waals surface area contributed by atoms with Crippen LogP contribution < -0.4 is 0 Å². The van der Waals surface area contributed by atoms with Gasteiger partial charge < -0.3 is 5.11 Å². The fraction of sp³-hybridized carbons (Fsp3) is 0.375. The SMILES string of the molecule is O=C(O)C1CCCCN1C(c1ccncc1)c1ccsc1. The quantitative estimate of drug-likeness (QED) is 0.942. The molecule has 0 saturated carbocycles. The van der Waals surface area contributed by atoms with Crippen molar-refractivity contribution in [1.82, 2.24) is 9.88 Å². The predicted octanol–water partition coefficient (Wildman–Crippen LogP) is 3.17. The van der Waals surface area contributed by atoms with E-state index in [1.807, 2.05) is 17.5 Å². The Hall–Kier alpha value is -1.72. The van der Waals surface area contributed by atoms with Crippen molar-refractivity contribution >= 4 is 17.3 Å². The van der Waals surface area contributed by atoms with E-state index >= 15 is 0 Å². The fourth-order valence-electron chi connectivity index (χ4n) is 3.08. The molecule has 2 unspecified atom stereocenters. The maximum atomic E-state index is 11.6. The van der Waals surface area contributed by atoms with Crippen LogP contribution in [0, 0.1) is 0 Å². The number of pyridine rings is 1. The first kappa shape index (κ1) is 14.2. The zero-order valence-electron chi connectivity index (χ0n) is 11.7. The number of carboxylic acids is 1. The van der Waals surface area contributed by atoms with Gasteiger partial charge in [-0.05, 0) is 59.5 Å². The Morgan fingerprint density at radius 2 is 2.10 bits per heavy atom. The van der Waals surface area contributed by atoms with Gasteiger partial charge in [0.25, 0.3) is 0 Å². The lowest BCUT2D eigenvalue weighted by atomic mass is 9.93. The van der Waals surface area contributed by atoms with Gasteiger partial charge in [0.1, 0.15) is 6.04 Å². The molecular formula is C16H18N2O2S. The van der Waals surface area contributed by atoms with E-state index < -0.39 is 12.0 Å². The number of thiophene rings is 1. The number of hydrogen-bond acceptors (Lipinski definition) is 4. The lowest BCUT2D eigenvalue weighted by Crippen LogP contribution is -2.46. The van der Waals surface area contributed by atoms with E-state index in [4.69, 9.17) is 0 Å². The third-order valence-corrected chi connectivity index (χ3v) is 4.74. The summed E-state index contributed by atoms with van der Waals surface area (Å²) in [5, 5.41) is 13.7. The molecule has 2 atom stereocenters. The Morgan fingerprint density at radius 3 is 2.76 bits per heavy atom. The number of carbonyl (C=O) groups is 1. The number of rotatable bonds is 4. The number of aromatic nitrogens is 1. The summed E-state index contributed by atoms with van der Waals surface area (Å²) in [4.78, 5) is 17.8. The van der Waals surface area contributed by atoms with Crippen molar-refractivity contribution in [2.75, 3.05) is 6.54 Å². The molecule has 0 spiro atoms. The molecule has 1 aliphatic rings. The fourth-order valence-corrected chi connectivity index (χ4v) is 3.76. The van der Waals surface area contributed by atoms with Crippen LogP contribution in [0.25, 0.3) is 0 Å². The van der Waals surface area contributed by atoms with Gasteiger partial charge in [-0.1, -0.05) is 6.42 Å². The minimum Gasteiger partial charge on any atom is -0.480 e. The maximum absolute atomic E-state index is 11.6. The Labute approximate surface area is 128 Å². The highest BCUT2D eigenvalue weighted by atomic mass is 32.1. The summed E-state index contributed by atoms with van der Waals surface area (Å²) in [6.07, 6.45) is 6.31. The Morgan fingerprint density at radius 1 is 1.29 bits per heavy atom. The first-order valence-corrected chi connectivity index (χ1v) is 8.12. The van der Waals surface area contributed by atoms with E-state index in [0.29, 0.717) is 0 Å². The molecule has 5 heteroatoms. The molecule has 3 heterocycles. The van der Waals surface area contributed by atoms with Crippen molar-refractivity contribution in [3.8, 4) is 0 Å². The molecule has 4 nitrogen and oxygen atoms in total. The highest BCUT2D eigenvalue weighted by molar-refractivity contribution is 7.08. The van der Waals surface area contributed by atoms with Gasteiger partial charge in [0.05, 0.1) is 6.04 Å². The lowest BCUT2D eigenvalue weighted by Gasteiger charge is -2.39. The van der Waals surface area contributed by atoms with Crippen molar-refractivity contribution in [3.05, 3.63) is 52.5 Å². The molecule has 21 heavy (non-hydrogen) atoms. The number of carboxylic acid groups (broad SMARTS) is 1. The van der Waals surface area contributed by atoms with Crippen molar-refractivity contribution in [3.63, 3.8) is 0 Å². The number of likely N-dealkylation sites (tertiary alicyclic amines) is 1. The van der Waals surface area contributed by atoms with Crippen molar-refractivity contribution in [2.24, 2.45) is 0 Å². The summed E-state index contributed by atoms with van der Waals surface area (Å²) in [5.41, 5.74) is 2.27. The molecule has 1 fully saturated rings. The molecule has 1 N–H and O–H groups in total. The molecule has 3 rings (SSSR count). The van der Waals surface area contributed by atoms with Crippen LogP contribution in [0.2, 0.25) is 0 Å². The molecule has 1 saturated heterocycles. The molecule has 0 amide bonds. The van der Waals surface area contributed by atoms with Crippen LogP contribution in [-0.4, -0.2) is 33.5 Å². The van der Waals surface area contributed by atoms with E-state index in [1.165, 1.54) is 5.56 Å². The second kappa shape index (κ2) is 6.37.